The molecule has 0 bridgehead atoms. The maximum Gasteiger partial charge on any atom is 0.182 e. The van der Waals surface area contributed by atoms with E-state index in [4.69, 9.17) is 9.84 Å². The van der Waals surface area contributed by atoms with Gasteiger partial charge in [0.15, 0.2) is 9.84 Å². The van der Waals surface area contributed by atoms with Crippen LogP contribution in [0.3, 0.4) is 0 Å². The molecule has 2 N–H and O–H groups in total. The molecule has 2 aromatic carbocycles. The molecule has 152 valence electrons. The van der Waals surface area contributed by atoms with E-state index in [9.17, 15) is 22.3 Å². The van der Waals surface area contributed by atoms with E-state index in [1.54, 1.807) is 29.2 Å². The molecule has 0 aliphatic carbocycles. The molecule has 2 aromatic rings. The zero-order chi connectivity index (χ0) is 20.3. The Morgan fingerprint density at radius 2 is 1.79 bits per heavy atom. The molecule has 6 nitrogen and oxygen atoms in total. The SMILES string of the molecule is O=S(=O)(c1cc(F)cc(F)c1)C1CCN(C(O)COc2ccc(CO)cc2)C1. The maximum absolute atomic E-state index is 13.4. The van der Waals surface area contributed by atoms with Gasteiger partial charge in [0.25, 0.3) is 0 Å². The van der Waals surface area contributed by atoms with Gasteiger partial charge in [-0.25, -0.2) is 17.2 Å². The minimum Gasteiger partial charge on any atom is -0.489 e. The van der Waals surface area contributed by atoms with E-state index in [0.29, 0.717) is 18.4 Å². The van der Waals surface area contributed by atoms with Crippen molar-refractivity contribution in [1.82, 2.24) is 4.90 Å². The molecule has 1 fully saturated rings. The number of ether oxygens (including phenoxy) is 1. The predicted octanol–water partition coefficient (Wildman–Crippen LogP) is 1.70. The molecule has 2 atom stereocenters. The van der Waals surface area contributed by atoms with Crippen LogP contribution in [0.5, 0.6) is 5.75 Å². The molecule has 0 saturated carbocycles. The van der Waals surface area contributed by atoms with Gasteiger partial charge in [0.05, 0.1) is 16.8 Å². The standard InChI is InChI=1S/C19H21F2NO5S/c20-14-7-15(21)9-18(8-14)28(25,26)17-5-6-22(10-17)19(24)12-27-16-3-1-13(11-23)2-4-16/h1-4,7-9,17,19,23-24H,5-6,10-12H2. The summed E-state index contributed by atoms with van der Waals surface area (Å²) >= 11 is 0. The normalized spacial score (nSPS) is 18.9. The molecule has 0 amide bonds. The van der Waals surface area contributed by atoms with E-state index < -0.39 is 37.8 Å². The second-order valence-electron chi connectivity index (χ2n) is 6.65. The largest absolute Gasteiger partial charge is 0.489 e. The fraction of sp³-hybridized carbons (Fsp3) is 0.368. The topological polar surface area (TPSA) is 87.1 Å². The Kier molecular flexibility index (Phi) is 6.29. The molecule has 1 saturated heterocycles. The Labute approximate surface area is 161 Å². The van der Waals surface area contributed by atoms with Crippen molar-refractivity contribution in [3.8, 4) is 5.75 Å². The molecule has 28 heavy (non-hydrogen) atoms. The molecule has 9 heteroatoms. The van der Waals surface area contributed by atoms with E-state index in [-0.39, 0.29) is 26.2 Å². The average Bonchev–Trinajstić information content (AvgIpc) is 3.17. The Balaban J connectivity index is 1.60. The molecule has 0 radical (unpaired) electrons. The molecule has 1 heterocycles. The first-order valence-electron chi connectivity index (χ1n) is 8.74. The minimum absolute atomic E-state index is 0.0362. The van der Waals surface area contributed by atoms with Crippen LogP contribution >= 0.6 is 0 Å². The Hall–Kier alpha value is -2.07. The number of likely N-dealkylation sites (tertiary alicyclic amines) is 1. The Morgan fingerprint density at radius 3 is 2.39 bits per heavy atom. The second-order valence-corrected chi connectivity index (χ2v) is 8.88. The summed E-state index contributed by atoms with van der Waals surface area (Å²) < 4.78 is 57.6. The number of aliphatic hydroxyl groups excluding tert-OH is 2. The number of sulfone groups is 1. The summed E-state index contributed by atoms with van der Waals surface area (Å²) in [6.45, 7) is 0.200. The third-order valence-electron chi connectivity index (χ3n) is 4.71. The quantitative estimate of drug-likeness (QED) is 0.719. The van der Waals surface area contributed by atoms with Crippen LogP contribution in [0.25, 0.3) is 0 Å². The summed E-state index contributed by atoms with van der Waals surface area (Å²) in [5.74, 6) is -1.39. The van der Waals surface area contributed by atoms with Crippen LogP contribution in [-0.2, 0) is 16.4 Å². The van der Waals surface area contributed by atoms with Gasteiger partial charge in [-0.15, -0.1) is 0 Å². The van der Waals surface area contributed by atoms with Gasteiger partial charge >= 0.3 is 0 Å². The smallest absolute Gasteiger partial charge is 0.182 e. The van der Waals surface area contributed by atoms with Gasteiger partial charge in [0, 0.05) is 19.2 Å². The second kappa shape index (κ2) is 8.52. The van der Waals surface area contributed by atoms with Crippen molar-refractivity contribution in [2.24, 2.45) is 0 Å². The summed E-state index contributed by atoms with van der Waals surface area (Å²) in [6, 6.07) is 8.93. The van der Waals surface area contributed by atoms with Crippen LogP contribution in [0.1, 0.15) is 12.0 Å². The van der Waals surface area contributed by atoms with Crippen LogP contribution in [0, 0.1) is 11.6 Å². The first kappa shape index (κ1) is 20.7. The molecular weight excluding hydrogens is 392 g/mol. The van der Waals surface area contributed by atoms with E-state index >= 15 is 0 Å². The summed E-state index contributed by atoms with van der Waals surface area (Å²) in [4.78, 5) is 1.16. The Morgan fingerprint density at radius 1 is 1.14 bits per heavy atom. The highest BCUT2D eigenvalue weighted by atomic mass is 32.2. The van der Waals surface area contributed by atoms with E-state index in [0.717, 1.165) is 17.7 Å². The Bertz CT molecular complexity index is 900. The number of benzene rings is 2. The van der Waals surface area contributed by atoms with Gasteiger partial charge in [0.1, 0.15) is 30.2 Å². The summed E-state index contributed by atoms with van der Waals surface area (Å²) in [5, 5.41) is 18.4. The molecular formula is C19H21F2NO5S. The van der Waals surface area contributed by atoms with E-state index in [2.05, 4.69) is 0 Å². The fourth-order valence-corrected chi connectivity index (χ4v) is 4.87. The average molecular weight is 413 g/mol. The number of rotatable bonds is 7. The van der Waals surface area contributed by atoms with Gasteiger partial charge in [-0.3, -0.25) is 4.90 Å². The molecule has 1 aliphatic rings. The van der Waals surface area contributed by atoms with Crippen molar-refractivity contribution in [3.63, 3.8) is 0 Å². The molecule has 3 rings (SSSR count). The number of hydrogen-bond donors (Lipinski definition) is 2. The number of halogens is 2. The van der Waals surface area contributed by atoms with Crippen molar-refractivity contribution >= 4 is 9.84 Å². The van der Waals surface area contributed by atoms with Crippen molar-refractivity contribution in [2.45, 2.75) is 29.4 Å². The van der Waals surface area contributed by atoms with Crippen LogP contribution in [0.15, 0.2) is 47.4 Å². The van der Waals surface area contributed by atoms with Crippen molar-refractivity contribution in [1.29, 1.82) is 0 Å². The van der Waals surface area contributed by atoms with Gasteiger partial charge < -0.3 is 14.9 Å². The van der Waals surface area contributed by atoms with Crippen LogP contribution in [0.2, 0.25) is 0 Å². The third-order valence-corrected chi connectivity index (χ3v) is 6.86. The maximum atomic E-state index is 13.4. The lowest BCUT2D eigenvalue weighted by atomic mass is 10.2. The summed E-state index contributed by atoms with van der Waals surface area (Å²) in [6.07, 6.45) is -0.787. The van der Waals surface area contributed by atoms with Gasteiger partial charge in [-0.1, -0.05) is 12.1 Å². The van der Waals surface area contributed by atoms with Gasteiger partial charge in [-0.05, 0) is 36.2 Å². The molecule has 2 unspecified atom stereocenters. The highest BCUT2D eigenvalue weighted by Gasteiger charge is 2.37. The molecule has 1 aliphatic heterocycles. The summed E-state index contributed by atoms with van der Waals surface area (Å²) in [7, 11) is -3.92. The van der Waals surface area contributed by atoms with E-state index in [1.807, 2.05) is 0 Å². The lowest BCUT2D eigenvalue weighted by Crippen LogP contribution is -2.39. The van der Waals surface area contributed by atoms with Crippen LogP contribution in [0.4, 0.5) is 8.78 Å². The van der Waals surface area contributed by atoms with E-state index in [1.165, 1.54) is 0 Å². The van der Waals surface area contributed by atoms with Crippen molar-refractivity contribution < 1.29 is 32.1 Å². The minimum atomic E-state index is -3.92. The van der Waals surface area contributed by atoms with Gasteiger partial charge in [-0.2, -0.15) is 0 Å². The van der Waals surface area contributed by atoms with Crippen LogP contribution < -0.4 is 4.74 Å². The highest BCUT2D eigenvalue weighted by Crippen LogP contribution is 2.26. The van der Waals surface area contributed by atoms with Crippen LogP contribution in [-0.4, -0.2) is 54.7 Å². The highest BCUT2D eigenvalue weighted by molar-refractivity contribution is 7.92. The molecule has 0 aromatic heterocycles. The third kappa shape index (κ3) is 4.67. The number of aliphatic hydroxyl groups is 2. The lowest BCUT2D eigenvalue weighted by molar-refractivity contribution is -0.0140. The predicted molar refractivity (Wildman–Crippen MR) is 97.4 cm³/mol. The first-order valence-corrected chi connectivity index (χ1v) is 10.3. The first-order chi connectivity index (χ1) is 13.3. The van der Waals surface area contributed by atoms with Gasteiger partial charge in [0.2, 0.25) is 0 Å². The number of nitrogens with zero attached hydrogens (tertiary/aromatic N) is 1. The monoisotopic (exact) mass is 413 g/mol. The van der Waals surface area contributed by atoms with Crippen molar-refractivity contribution in [2.75, 3.05) is 19.7 Å². The fourth-order valence-electron chi connectivity index (χ4n) is 3.13. The lowest BCUT2D eigenvalue weighted by Gasteiger charge is -2.23. The zero-order valence-corrected chi connectivity index (χ0v) is 15.8. The number of hydrogen-bond acceptors (Lipinski definition) is 6. The zero-order valence-electron chi connectivity index (χ0n) is 15.0. The summed E-state index contributed by atoms with van der Waals surface area (Å²) in [5.41, 5.74) is 0.731. The van der Waals surface area contributed by atoms with Crippen molar-refractivity contribution in [3.05, 3.63) is 59.7 Å². The molecule has 0 spiro atoms.